The van der Waals surface area contributed by atoms with E-state index in [-0.39, 0.29) is 17.3 Å². The fraction of sp³-hybridized carbons (Fsp3) is 0.952. The molecule has 4 heteroatoms. The number of carbonyl (C=O) groups excluding carboxylic acids is 1. The van der Waals surface area contributed by atoms with Crippen molar-refractivity contribution in [2.75, 3.05) is 6.61 Å². The number of ketones is 1. The van der Waals surface area contributed by atoms with Crippen LogP contribution in [0.15, 0.2) is 0 Å². The molecular formula is C21H34O4. The Balaban J connectivity index is 1.63. The third-order valence-electron chi connectivity index (χ3n) is 9.39. The molecule has 8 atom stereocenters. The van der Waals surface area contributed by atoms with Gasteiger partial charge in [0.25, 0.3) is 0 Å². The zero-order chi connectivity index (χ0) is 18.0. The summed E-state index contributed by atoms with van der Waals surface area (Å²) in [6.45, 7) is 4.00. The van der Waals surface area contributed by atoms with Gasteiger partial charge in [-0.3, -0.25) is 4.79 Å². The molecule has 4 nitrogen and oxygen atoms in total. The van der Waals surface area contributed by atoms with Gasteiger partial charge in [0.05, 0.1) is 6.10 Å². The second kappa shape index (κ2) is 5.77. The molecule has 4 aliphatic rings. The van der Waals surface area contributed by atoms with Gasteiger partial charge in [0.2, 0.25) is 0 Å². The van der Waals surface area contributed by atoms with Crippen molar-refractivity contribution in [1.29, 1.82) is 0 Å². The number of hydrogen-bond donors (Lipinski definition) is 3. The topological polar surface area (TPSA) is 77.8 Å². The molecule has 3 N–H and O–H groups in total. The van der Waals surface area contributed by atoms with Gasteiger partial charge in [-0.25, -0.2) is 0 Å². The number of hydrogen-bond acceptors (Lipinski definition) is 4. The maximum absolute atomic E-state index is 12.4. The minimum absolute atomic E-state index is 0.123. The predicted molar refractivity (Wildman–Crippen MR) is 94.8 cm³/mol. The summed E-state index contributed by atoms with van der Waals surface area (Å²) in [5, 5.41) is 30.7. The molecule has 4 rings (SSSR count). The summed E-state index contributed by atoms with van der Waals surface area (Å²) in [5.74, 6) is 1.87. The van der Waals surface area contributed by atoms with E-state index >= 15 is 0 Å². The molecule has 0 amide bonds. The van der Waals surface area contributed by atoms with E-state index in [1.54, 1.807) is 0 Å². The van der Waals surface area contributed by atoms with E-state index < -0.39 is 12.2 Å². The minimum Gasteiger partial charge on any atom is -0.393 e. The van der Waals surface area contributed by atoms with Gasteiger partial charge in [-0.2, -0.15) is 0 Å². The molecule has 0 spiro atoms. The molecule has 0 heterocycles. The lowest BCUT2D eigenvalue weighted by Crippen LogP contribution is -2.59. The molecule has 4 fully saturated rings. The summed E-state index contributed by atoms with van der Waals surface area (Å²) < 4.78 is 0. The fourth-order valence-electron chi connectivity index (χ4n) is 7.84. The number of aliphatic hydroxyl groups is 3. The molecular weight excluding hydrogens is 316 g/mol. The quantitative estimate of drug-likeness (QED) is 0.715. The van der Waals surface area contributed by atoms with Crippen LogP contribution >= 0.6 is 0 Å². The van der Waals surface area contributed by atoms with Crippen LogP contribution in [0.25, 0.3) is 0 Å². The van der Waals surface area contributed by atoms with E-state index in [0.717, 1.165) is 38.5 Å². The van der Waals surface area contributed by atoms with E-state index in [1.807, 2.05) is 0 Å². The van der Waals surface area contributed by atoms with Crippen molar-refractivity contribution in [2.24, 2.45) is 34.5 Å². The lowest BCUT2D eigenvalue weighted by Gasteiger charge is -2.61. The van der Waals surface area contributed by atoms with Crippen LogP contribution in [0.4, 0.5) is 0 Å². The number of aliphatic hydroxyl groups excluding tert-OH is 2. The molecule has 25 heavy (non-hydrogen) atoms. The normalized spacial score (nSPS) is 55.2. The highest BCUT2D eigenvalue weighted by Crippen LogP contribution is 2.68. The van der Waals surface area contributed by atoms with Crippen molar-refractivity contribution in [3.05, 3.63) is 0 Å². The zero-order valence-electron chi connectivity index (χ0n) is 15.7. The monoisotopic (exact) mass is 350 g/mol. The van der Waals surface area contributed by atoms with Crippen LogP contribution < -0.4 is 0 Å². The van der Waals surface area contributed by atoms with Crippen LogP contribution in [-0.4, -0.2) is 39.4 Å². The Labute approximate surface area is 151 Å². The summed E-state index contributed by atoms with van der Waals surface area (Å²) in [6, 6.07) is 0. The third kappa shape index (κ3) is 2.26. The Hall–Kier alpha value is -0.450. The van der Waals surface area contributed by atoms with Gasteiger partial charge in [0.1, 0.15) is 12.2 Å². The Kier molecular flexibility index (Phi) is 4.14. The first-order valence-electron chi connectivity index (χ1n) is 10.3. The van der Waals surface area contributed by atoms with Crippen molar-refractivity contribution in [2.45, 2.75) is 83.3 Å². The second-order valence-corrected chi connectivity index (χ2v) is 10.0. The highest BCUT2D eigenvalue weighted by Gasteiger charge is 2.66. The van der Waals surface area contributed by atoms with Gasteiger partial charge in [-0.05, 0) is 86.9 Å². The summed E-state index contributed by atoms with van der Waals surface area (Å²) in [5.41, 5.74) is -1.41. The molecule has 0 bridgehead atoms. The largest absolute Gasteiger partial charge is 0.393 e. The Morgan fingerprint density at radius 3 is 2.44 bits per heavy atom. The molecule has 0 aromatic heterocycles. The lowest BCUT2D eigenvalue weighted by atomic mass is 9.44. The average Bonchev–Trinajstić information content (AvgIpc) is 2.87. The van der Waals surface area contributed by atoms with Crippen LogP contribution in [0, 0.1) is 34.5 Å². The van der Waals surface area contributed by atoms with Crippen molar-refractivity contribution in [3.63, 3.8) is 0 Å². The van der Waals surface area contributed by atoms with Crippen molar-refractivity contribution >= 4 is 5.78 Å². The molecule has 0 aromatic carbocycles. The summed E-state index contributed by atoms with van der Waals surface area (Å²) in [6.07, 6.45) is 8.58. The maximum Gasteiger partial charge on any atom is 0.190 e. The Morgan fingerprint density at radius 2 is 1.72 bits per heavy atom. The number of Topliss-reactive ketones (excluding diaryl/α,β-unsaturated/α-hetero) is 1. The molecule has 0 aromatic rings. The molecule has 4 saturated carbocycles. The molecule has 142 valence electrons. The second-order valence-electron chi connectivity index (χ2n) is 10.0. The smallest absolute Gasteiger partial charge is 0.190 e. The summed E-state index contributed by atoms with van der Waals surface area (Å²) >= 11 is 0. The highest BCUT2D eigenvalue weighted by atomic mass is 16.3. The van der Waals surface area contributed by atoms with Crippen LogP contribution in [-0.2, 0) is 4.79 Å². The van der Waals surface area contributed by atoms with Gasteiger partial charge >= 0.3 is 0 Å². The van der Waals surface area contributed by atoms with Crippen LogP contribution in [0.5, 0.6) is 0 Å². The summed E-state index contributed by atoms with van der Waals surface area (Å²) in [7, 11) is 0. The number of rotatable bonds is 2. The first kappa shape index (κ1) is 17.9. The predicted octanol–water partition coefficient (Wildman–Crippen LogP) is 2.68. The number of carbonyl (C=O) groups is 1. The van der Waals surface area contributed by atoms with Crippen LogP contribution in [0.3, 0.4) is 0 Å². The fourth-order valence-corrected chi connectivity index (χ4v) is 7.84. The molecule has 0 radical (unpaired) electrons. The molecule has 7 unspecified atom stereocenters. The van der Waals surface area contributed by atoms with E-state index in [9.17, 15) is 20.1 Å². The SMILES string of the molecule is CC12CCC(O)CC1CCC1C2CCC2(C)C1CC[C@]2(O)C(=O)CO. The van der Waals surface area contributed by atoms with Crippen molar-refractivity contribution in [3.8, 4) is 0 Å². The Morgan fingerprint density at radius 1 is 1.00 bits per heavy atom. The van der Waals surface area contributed by atoms with Gasteiger partial charge in [0.15, 0.2) is 5.78 Å². The highest BCUT2D eigenvalue weighted by molar-refractivity contribution is 5.89. The first-order valence-corrected chi connectivity index (χ1v) is 10.3. The van der Waals surface area contributed by atoms with E-state index in [2.05, 4.69) is 13.8 Å². The Bertz CT molecular complexity index is 562. The standard InChI is InChI=1S/C21H34O4/c1-19-8-5-14(23)11-13(19)3-4-15-16(19)6-9-20(2)17(15)7-10-21(20,25)18(24)12-22/h13-17,22-23,25H,3-12H2,1-2H3/t13?,14?,15?,16?,17?,19?,20?,21-/m0/s1. The third-order valence-corrected chi connectivity index (χ3v) is 9.39. The number of fused-ring (bicyclic) bond motifs is 5. The van der Waals surface area contributed by atoms with Gasteiger partial charge < -0.3 is 15.3 Å². The lowest BCUT2D eigenvalue weighted by molar-refractivity contribution is -0.174. The zero-order valence-corrected chi connectivity index (χ0v) is 15.7. The van der Waals surface area contributed by atoms with E-state index in [0.29, 0.717) is 35.5 Å². The first-order chi connectivity index (χ1) is 11.8. The van der Waals surface area contributed by atoms with Gasteiger partial charge in [-0.15, -0.1) is 0 Å². The summed E-state index contributed by atoms with van der Waals surface area (Å²) in [4.78, 5) is 12.4. The van der Waals surface area contributed by atoms with Gasteiger partial charge in [0, 0.05) is 5.41 Å². The van der Waals surface area contributed by atoms with Gasteiger partial charge in [-0.1, -0.05) is 13.8 Å². The molecule has 4 aliphatic carbocycles. The van der Waals surface area contributed by atoms with Crippen LogP contribution in [0.1, 0.15) is 71.6 Å². The maximum atomic E-state index is 12.4. The van der Waals surface area contributed by atoms with Crippen molar-refractivity contribution < 1.29 is 20.1 Å². The van der Waals surface area contributed by atoms with Crippen molar-refractivity contribution in [1.82, 2.24) is 0 Å². The average molecular weight is 350 g/mol. The molecule has 0 saturated heterocycles. The van der Waals surface area contributed by atoms with E-state index in [1.165, 1.54) is 12.8 Å². The molecule has 0 aliphatic heterocycles. The van der Waals surface area contributed by atoms with E-state index in [4.69, 9.17) is 0 Å². The minimum atomic E-state index is -1.34. The van der Waals surface area contributed by atoms with Crippen LogP contribution in [0.2, 0.25) is 0 Å².